The Kier molecular flexibility index (Phi) is 6.57. The Morgan fingerprint density at radius 1 is 1.20 bits per heavy atom. The third kappa shape index (κ3) is 5.33. The number of rotatable bonds is 5. The van der Waals surface area contributed by atoms with Gasteiger partial charge in [0.15, 0.2) is 0 Å². The first-order valence-corrected chi connectivity index (χ1v) is 10.7. The number of nitrogens with zero attached hydrogens (tertiary/aromatic N) is 4. The van der Waals surface area contributed by atoms with Crippen molar-refractivity contribution in [1.82, 2.24) is 20.2 Å². The minimum Gasteiger partial charge on any atom is -0.343 e. The van der Waals surface area contributed by atoms with E-state index < -0.39 is 49.2 Å². The second-order valence-corrected chi connectivity index (χ2v) is 8.25. The molecule has 2 aromatic heterocycles. The van der Waals surface area contributed by atoms with Gasteiger partial charge in [-0.3, -0.25) is 19.4 Å². The minimum atomic E-state index is -3.16. The average molecular weight is 499 g/mol. The highest BCUT2D eigenvalue weighted by Crippen LogP contribution is 2.31. The van der Waals surface area contributed by atoms with Crippen molar-refractivity contribution in [3.63, 3.8) is 0 Å². The molecule has 3 heterocycles. The summed E-state index contributed by atoms with van der Waals surface area (Å²) in [6.45, 7) is -1.49. The molecule has 1 atom stereocenters. The fraction of sp³-hybridized carbons (Fsp3) is 0.217. The summed E-state index contributed by atoms with van der Waals surface area (Å²) < 4.78 is 27.2. The van der Waals surface area contributed by atoms with Crippen LogP contribution in [0.5, 0.6) is 0 Å². The van der Waals surface area contributed by atoms with Crippen molar-refractivity contribution in [2.24, 2.45) is 0 Å². The van der Waals surface area contributed by atoms with E-state index in [4.69, 9.17) is 16.9 Å². The number of alkyl halides is 2. The van der Waals surface area contributed by atoms with E-state index in [9.17, 15) is 23.2 Å². The third-order valence-electron chi connectivity index (χ3n) is 5.34. The third-order valence-corrected chi connectivity index (χ3v) is 5.57. The van der Waals surface area contributed by atoms with Crippen LogP contribution in [0.3, 0.4) is 0 Å². The monoisotopic (exact) mass is 498 g/mol. The number of anilines is 1. The van der Waals surface area contributed by atoms with Crippen LogP contribution in [0.25, 0.3) is 10.9 Å². The van der Waals surface area contributed by atoms with Gasteiger partial charge in [-0.2, -0.15) is 5.26 Å². The highest BCUT2D eigenvalue weighted by atomic mass is 35.5. The van der Waals surface area contributed by atoms with Crippen molar-refractivity contribution < 1.29 is 23.2 Å². The molecule has 35 heavy (non-hydrogen) atoms. The SMILES string of the molecule is N#C[C@@H]1CC(F)(F)CN1C(=O)CNC(=O)c1ccncc1NC(=O)c1ccc2cc(Cl)ccc2n1. The van der Waals surface area contributed by atoms with Crippen LogP contribution in [0.15, 0.2) is 48.8 Å². The van der Waals surface area contributed by atoms with Crippen LogP contribution in [0.1, 0.15) is 27.3 Å². The first kappa shape index (κ1) is 24.0. The molecule has 0 saturated carbocycles. The lowest BCUT2D eigenvalue weighted by molar-refractivity contribution is -0.131. The van der Waals surface area contributed by atoms with Crippen LogP contribution < -0.4 is 10.6 Å². The smallest absolute Gasteiger partial charge is 0.274 e. The zero-order chi connectivity index (χ0) is 25.2. The maximum Gasteiger partial charge on any atom is 0.274 e. The quantitative estimate of drug-likeness (QED) is 0.556. The molecule has 0 bridgehead atoms. The van der Waals surface area contributed by atoms with Gasteiger partial charge in [-0.25, -0.2) is 13.8 Å². The summed E-state index contributed by atoms with van der Waals surface area (Å²) >= 11 is 5.96. The summed E-state index contributed by atoms with van der Waals surface area (Å²) in [4.78, 5) is 46.7. The van der Waals surface area contributed by atoms with Gasteiger partial charge in [0.05, 0.1) is 42.1 Å². The molecule has 1 fully saturated rings. The standard InChI is InChI=1S/C23H17ClF2N6O3/c24-14-2-4-17-13(7-14)1-3-18(30-17)22(35)31-19-10-28-6-5-16(19)21(34)29-11-20(33)32-12-23(25,26)8-15(32)9-27/h1-7,10,15H,8,11-12H2,(H,29,34)(H,31,35)/t15-/m0/s1. The summed E-state index contributed by atoms with van der Waals surface area (Å²) in [5, 5.41) is 15.2. The molecule has 1 aromatic carbocycles. The van der Waals surface area contributed by atoms with Gasteiger partial charge in [-0.1, -0.05) is 17.7 Å². The van der Waals surface area contributed by atoms with Gasteiger partial charge in [0.2, 0.25) is 5.91 Å². The molecule has 1 aliphatic rings. The van der Waals surface area contributed by atoms with Gasteiger partial charge < -0.3 is 15.5 Å². The first-order chi connectivity index (χ1) is 16.7. The van der Waals surface area contributed by atoms with Crippen molar-refractivity contribution in [1.29, 1.82) is 5.26 Å². The molecule has 12 heteroatoms. The van der Waals surface area contributed by atoms with E-state index in [0.29, 0.717) is 10.5 Å². The Labute approximate surface area is 202 Å². The number of fused-ring (bicyclic) bond motifs is 1. The summed E-state index contributed by atoms with van der Waals surface area (Å²) in [6.07, 6.45) is 1.82. The molecule has 3 aromatic rings. The van der Waals surface area contributed by atoms with E-state index in [0.717, 1.165) is 10.3 Å². The average Bonchev–Trinajstić information content (AvgIpc) is 3.17. The second-order valence-electron chi connectivity index (χ2n) is 7.82. The van der Waals surface area contributed by atoms with Crippen LogP contribution in [0.4, 0.5) is 14.5 Å². The molecule has 0 spiro atoms. The van der Waals surface area contributed by atoms with Crippen LogP contribution >= 0.6 is 11.6 Å². The highest BCUT2D eigenvalue weighted by Gasteiger charge is 2.47. The molecule has 9 nitrogen and oxygen atoms in total. The van der Waals surface area contributed by atoms with Crippen molar-refractivity contribution in [2.45, 2.75) is 18.4 Å². The fourth-order valence-electron chi connectivity index (χ4n) is 3.65. The number of carbonyl (C=O) groups excluding carboxylic acids is 3. The Bertz CT molecular complexity index is 1380. The number of amides is 3. The summed E-state index contributed by atoms with van der Waals surface area (Å²) in [5.41, 5.74) is 0.691. The normalized spacial score (nSPS) is 16.5. The maximum absolute atomic E-state index is 13.6. The Morgan fingerprint density at radius 2 is 2.00 bits per heavy atom. The van der Waals surface area contributed by atoms with E-state index in [2.05, 4.69) is 20.6 Å². The van der Waals surface area contributed by atoms with E-state index in [-0.39, 0.29) is 16.9 Å². The Balaban J connectivity index is 1.44. The molecular formula is C23H17ClF2N6O3. The lowest BCUT2D eigenvalue weighted by Crippen LogP contribution is -2.43. The number of hydrogen-bond donors (Lipinski definition) is 2. The van der Waals surface area contributed by atoms with Crippen molar-refractivity contribution in [3.8, 4) is 6.07 Å². The van der Waals surface area contributed by atoms with E-state index in [1.807, 2.05) is 0 Å². The van der Waals surface area contributed by atoms with Crippen LogP contribution in [-0.2, 0) is 4.79 Å². The summed E-state index contributed by atoms with van der Waals surface area (Å²) in [5.74, 6) is -5.32. The van der Waals surface area contributed by atoms with Crippen LogP contribution in [0, 0.1) is 11.3 Å². The van der Waals surface area contributed by atoms with Gasteiger partial charge in [-0.05, 0) is 30.3 Å². The number of likely N-dealkylation sites (tertiary alicyclic amines) is 1. The van der Waals surface area contributed by atoms with Crippen molar-refractivity contribution in [2.75, 3.05) is 18.4 Å². The molecule has 0 unspecified atom stereocenters. The number of nitrogens with one attached hydrogen (secondary N) is 2. The summed E-state index contributed by atoms with van der Waals surface area (Å²) in [6, 6.07) is 9.94. The number of halogens is 3. The highest BCUT2D eigenvalue weighted by molar-refractivity contribution is 6.31. The zero-order valence-corrected chi connectivity index (χ0v) is 18.7. The number of pyridine rings is 2. The lowest BCUT2D eigenvalue weighted by Gasteiger charge is -2.19. The topological polar surface area (TPSA) is 128 Å². The minimum absolute atomic E-state index is 0.00249. The van der Waals surface area contributed by atoms with Gasteiger partial charge in [0.25, 0.3) is 17.7 Å². The summed E-state index contributed by atoms with van der Waals surface area (Å²) in [7, 11) is 0. The van der Waals surface area contributed by atoms with E-state index in [1.54, 1.807) is 30.3 Å². The maximum atomic E-state index is 13.6. The predicted octanol–water partition coefficient (Wildman–Crippen LogP) is 3.03. The van der Waals surface area contributed by atoms with Crippen molar-refractivity contribution >= 4 is 45.9 Å². The van der Waals surface area contributed by atoms with Crippen LogP contribution in [-0.4, -0.2) is 57.6 Å². The van der Waals surface area contributed by atoms with E-state index >= 15 is 0 Å². The molecule has 1 aliphatic heterocycles. The molecule has 1 saturated heterocycles. The molecule has 3 amide bonds. The number of aromatic nitrogens is 2. The molecule has 2 N–H and O–H groups in total. The van der Waals surface area contributed by atoms with Gasteiger partial charge in [-0.15, -0.1) is 0 Å². The molecule has 178 valence electrons. The van der Waals surface area contributed by atoms with E-state index in [1.165, 1.54) is 24.5 Å². The van der Waals surface area contributed by atoms with Gasteiger partial charge in [0.1, 0.15) is 11.7 Å². The largest absolute Gasteiger partial charge is 0.343 e. The van der Waals surface area contributed by atoms with Crippen LogP contribution in [0.2, 0.25) is 5.02 Å². The first-order valence-electron chi connectivity index (χ1n) is 10.3. The molecular weight excluding hydrogens is 482 g/mol. The number of benzene rings is 1. The number of hydrogen-bond acceptors (Lipinski definition) is 6. The van der Waals surface area contributed by atoms with Gasteiger partial charge in [0, 0.05) is 23.0 Å². The molecule has 4 rings (SSSR count). The van der Waals surface area contributed by atoms with Gasteiger partial charge >= 0.3 is 0 Å². The lowest BCUT2D eigenvalue weighted by atomic mass is 10.2. The predicted molar refractivity (Wildman–Crippen MR) is 122 cm³/mol. The number of nitriles is 1. The Hall–Kier alpha value is -4.17. The van der Waals surface area contributed by atoms with Crippen molar-refractivity contribution in [3.05, 3.63) is 65.1 Å². The molecule has 0 aliphatic carbocycles. The number of carbonyl (C=O) groups is 3. The second kappa shape index (κ2) is 9.60. The molecule has 0 radical (unpaired) electrons. The zero-order valence-electron chi connectivity index (χ0n) is 18.0. The Morgan fingerprint density at radius 3 is 2.77 bits per heavy atom. The fourth-order valence-corrected chi connectivity index (χ4v) is 3.83.